The van der Waals surface area contributed by atoms with Gasteiger partial charge in [0.1, 0.15) is 5.75 Å². The Bertz CT molecular complexity index is 301. The van der Waals surface area contributed by atoms with Crippen LogP contribution < -0.4 is 10.1 Å². The summed E-state index contributed by atoms with van der Waals surface area (Å²) < 4.78 is 5.13. The van der Waals surface area contributed by atoms with E-state index < -0.39 is 0 Å². The first kappa shape index (κ1) is 14.0. The van der Waals surface area contributed by atoms with E-state index in [-0.39, 0.29) is 6.61 Å². The van der Waals surface area contributed by atoms with E-state index in [0.717, 1.165) is 25.5 Å². The van der Waals surface area contributed by atoms with Gasteiger partial charge >= 0.3 is 0 Å². The number of methoxy groups -OCH3 is 1. The second kappa shape index (κ2) is 8.06. The molecule has 1 rings (SSSR count). The molecule has 0 saturated carbocycles. The van der Waals surface area contributed by atoms with Gasteiger partial charge in [-0.1, -0.05) is 19.1 Å². The van der Waals surface area contributed by atoms with Gasteiger partial charge in [-0.25, -0.2) is 0 Å². The van der Waals surface area contributed by atoms with Crippen LogP contribution in [0.25, 0.3) is 0 Å². The third kappa shape index (κ3) is 5.17. The van der Waals surface area contributed by atoms with Crippen LogP contribution in [0.3, 0.4) is 0 Å². The molecule has 4 nitrogen and oxygen atoms in total. The standard InChI is InChI=1S/C13H22N2O2/c1-3-15(11-14-8-9-16)10-12-4-6-13(17-2)7-5-12/h4-7,14,16H,3,8-11H2,1-2H3. The highest BCUT2D eigenvalue weighted by Gasteiger charge is 2.03. The smallest absolute Gasteiger partial charge is 0.118 e. The molecule has 0 unspecified atom stereocenters. The molecule has 0 aliphatic carbocycles. The number of hydrogen-bond donors (Lipinski definition) is 2. The first-order chi connectivity index (χ1) is 8.30. The number of nitrogens with one attached hydrogen (secondary N) is 1. The molecule has 17 heavy (non-hydrogen) atoms. The van der Waals surface area contributed by atoms with Crippen LogP contribution in [0, 0.1) is 0 Å². The highest BCUT2D eigenvalue weighted by molar-refractivity contribution is 5.27. The van der Waals surface area contributed by atoms with Crippen molar-refractivity contribution in [1.82, 2.24) is 10.2 Å². The second-order valence-corrected chi connectivity index (χ2v) is 3.87. The molecule has 0 radical (unpaired) electrons. The summed E-state index contributed by atoms with van der Waals surface area (Å²) in [6.45, 7) is 5.62. The largest absolute Gasteiger partial charge is 0.497 e. The van der Waals surface area contributed by atoms with Crippen molar-refractivity contribution in [2.45, 2.75) is 13.5 Å². The molecule has 0 saturated heterocycles. The van der Waals surface area contributed by atoms with Crippen LogP contribution in [-0.4, -0.2) is 43.5 Å². The first-order valence-electron chi connectivity index (χ1n) is 5.97. The molecule has 4 heteroatoms. The van der Waals surface area contributed by atoms with Gasteiger partial charge in [0.15, 0.2) is 0 Å². The summed E-state index contributed by atoms with van der Waals surface area (Å²) >= 11 is 0. The Morgan fingerprint density at radius 2 is 2.00 bits per heavy atom. The lowest BCUT2D eigenvalue weighted by Gasteiger charge is -2.20. The maximum absolute atomic E-state index is 8.70. The SMILES string of the molecule is CCN(CNCCO)Cc1ccc(OC)cc1. The summed E-state index contributed by atoms with van der Waals surface area (Å²) in [6, 6.07) is 8.11. The van der Waals surface area contributed by atoms with Crippen LogP contribution in [0.1, 0.15) is 12.5 Å². The van der Waals surface area contributed by atoms with Crippen molar-refractivity contribution in [2.24, 2.45) is 0 Å². The molecule has 0 fully saturated rings. The Morgan fingerprint density at radius 1 is 1.29 bits per heavy atom. The molecule has 0 aliphatic rings. The van der Waals surface area contributed by atoms with Gasteiger partial charge in [0.2, 0.25) is 0 Å². The molecule has 0 heterocycles. The second-order valence-electron chi connectivity index (χ2n) is 3.87. The van der Waals surface area contributed by atoms with Crippen LogP contribution in [0.5, 0.6) is 5.75 Å². The van der Waals surface area contributed by atoms with Crippen molar-refractivity contribution in [3.05, 3.63) is 29.8 Å². The predicted molar refractivity (Wildman–Crippen MR) is 69.0 cm³/mol. The van der Waals surface area contributed by atoms with Gasteiger partial charge in [0.05, 0.1) is 13.7 Å². The maximum atomic E-state index is 8.70. The average molecular weight is 238 g/mol. The molecule has 96 valence electrons. The third-order valence-corrected chi connectivity index (χ3v) is 2.64. The van der Waals surface area contributed by atoms with Gasteiger partial charge in [-0.05, 0) is 24.2 Å². The molecule has 0 aliphatic heterocycles. The van der Waals surface area contributed by atoms with Crippen molar-refractivity contribution in [1.29, 1.82) is 0 Å². The van der Waals surface area contributed by atoms with Crippen molar-refractivity contribution < 1.29 is 9.84 Å². The maximum Gasteiger partial charge on any atom is 0.118 e. The lowest BCUT2D eigenvalue weighted by atomic mass is 10.2. The number of rotatable bonds is 8. The predicted octanol–water partition coefficient (Wildman–Crippen LogP) is 1.06. The highest BCUT2D eigenvalue weighted by Crippen LogP contribution is 2.12. The number of nitrogens with zero attached hydrogens (tertiary/aromatic N) is 1. The van der Waals surface area contributed by atoms with E-state index >= 15 is 0 Å². The van der Waals surface area contributed by atoms with Crippen LogP contribution in [0.15, 0.2) is 24.3 Å². The van der Waals surface area contributed by atoms with Crippen molar-refractivity contribution in [2.75, 3.05) is 33.5 Å². The van der Waals surface area contributed by atoms with E-state index in [1.165, 1.54) is 5.56 Å². The van der Waals surface area contributed by atoms with E-state index in [2.05, 4.69) is 29.3 Å². The van der Waals surface area contributed by atoms with Gasteiger partial charge in [-0.15, -0.1) is 0 Å². The monoisotopic (exact) mass is 238 g/mol. The quantitative estimate of drug-likeness (QED) is 0.525. The van der Waals surface area contributed by atoms with Gasteiger partial charge in [-0.2, -0.15) is 0 Å². The Hall–Kier alpha value is -1.10. The van der Waals surface area contributed by atoms with Crippen molar-refractivity contribution in [3.63, 3.8) is 0 Å². The van der Waals surface area contributed by atoms with Gasteiger partial charge in [-0.3, -0.25) is 4.90 Å². The first-order valence-corrected chi connectivity index (χ1v) is 5.97. The normalized spacial score (nSPS) is 10.8. The summed E-state index contributed by atoms with van der Waals surface area (Å²) in [7, 11) is 1.67. The minimum atomic E-state index is 0.181. The highest BCUT2D eigenvalue weighted by atomic mass is 16.5. The fourth-order valence-corrected chi connectivity index (χ4v) is 1.58. The molecular weight excluding hydrogens is 216 g/mol. The molecule has 1 aromatic rings. The van der Waals surface area contributed by atoms with Crippen LogP contribution >= 0.6 is 0 Å². The third-order valence-electron chi connectivity index (χ3n) is 2.64. The van der Waals surface area contributed by atoms with E-state index in [9.17, 15) is 0 Å². The average Bonchev–Trinajstić information content (AvgIpc) is 2.38. The Kier molecular flexibility index (Phi) is 6.62. The Labute approximate surface area is 103 Å². The van der Waals surface area contributed by atoms with Gasteiger partial charge < -0.3 is 15.2 Å². The zero-order chi connectivity index (χ0) is 12.5. The number of ether oxygens (including phenoxy) is 1. The van der Waals surface area contributed by atoms with Crippen molar-refractivity contribution >= 4 is 0 Å². The fourth-order valence-electron chi connectivity index (χ4n) is 1.58. The Morgan fingerprint density at radius 3 is 2.53 bits per heavy atom. The molecule has 0 bridgehead atoms. The molecule has 0 amide bonds. The fraction of sp³-hybridized carbons (Fsp3) is 0.538. The number of aliphatic hydroxyl groups is 1. The summed E-state index contributed by atoms with van der Waals surface area (Å²) in [5.41, 5.74) is 1.26. The number of hydrogen-bond acceptors (Lipinski definition) is 4. The molecule has 0 spiro atoms. The van der Waals surface area contributed by atoms with E-state index in [1.807, 2.05) is 12.1 Å². The molecule has 2 N–H and O–H groups in total. The lowest BCUT2D eigenvalue weighted by molar-refractivity contribution is 0.234. The lowest BCUT2D eigenvalue weighted by Crippen LogP contribution is -2.35. The minimum absolute atomic E-state index is 0.181. The summed E-state index contributed by atoms with van der Waals surface area (Å²) in [5, 5.41) is 11.9. The van der Waals surface area contributed by atoms with E-state index in [4.69, 9.17) is 9.84 Å². The topological polar surface area (TPSA) is 44.7 Å². The van der Waals surface area contributed by atoms with Gasteiger partial charge in [0.25, 0.3) is 0 Å². The van der Waals surface area contributed by atoms with Crippen LogP contribution in [0.4, 0.5) is 0 Å². The number of benzene rings is 1. The zero-order valence-electron chi connectivity index (χ0n) is 10.6. The summed E-state index contributed by atoms with van der Waals surface area (Å²) in [6.07, 6.45) is 0. The summed E-state index contributed by atoms with van der Waals surface area (Å²) in [4.78, 5) is 2.28. The zero-order valence-corrected chi connectivity index (χ0v) is 10.6. The van der Waals surface area contributed by atoms with E-state index in [0.29, 0.717) is 6.54 Å². The van der Waals surface area contributed by atoms with Gasteiger partial charge in [0, 0.05) is 19.8 Å². The molecule has 1 aromatic carbocycles. The van der Waals surface area contributed by atoms with Crippen LogP contribution in [0.2, 0.25) is 0 Å². The molecule has 0 atom stereocenters. The summed E-state index contributed by atoms with van der Waals surface area (Å²) in [5.74, 6) is 0.884. The van der Waals surface area contributed by atoms with E-state index in [1.54, 1.807) is 7.11 Å². The number of aliphatic hydroxyl groups excluding tert-OH is 1. The molecular formula is C13H22N2O2. The molecule has 0 aromatic heterocycles. The van der Waals surface area contributed by atoms with Crippen LogP contribution in [-0.2, 0) is 6.54 Å². The van der Waals surface area contributed by atoms with Crippen molar-refractivity contribution in [3.8, 4) is 5.75 Å². The minimum Gasteiger partial charge on any atom is -0.497 e. The Balaban J connectivity index is 2.43.